The Bertz CT molecular complexity index is 968. The van der Waals surface area contributed by atoms with Crippen LogP contribution in [-0.2, 0) is 6.54 Å². The van der Waals surface area contributed by atoms with Crippen molar-refractivity contribution in [1.82, 2.24) is 19.8 Å². The Labute approximate surface area is 183 Å². The van der Waals surface area contributed by atoms with Crippen molar-refractivity contribution in [3.05, 3.63) is 83.9 Å². The van der Waals surface area contributed by atoms with Gasteiger partial charge in [0.1, 0.15) is 5.75 Å². The van der Waals surface area contributed by atoms with Gasteiger partial charge in [-0.3, -0.25) is 9.69 Å². The summed E-state index contributed by atoms with van der Waals surface area (Å²) in [5.74, 6) is 1.22. The van der Waals surface area contributed by atoms with Crippen LogP contribution in [0.3, 0.4) is 0 Å². The summed E-state index contributed by atoms with van der Waals surface area (Å²) in [5.41, 5.74) is 3.11. The number of carbonyl (C=O) groups is 1. The Balaban J connectivity index is 1.38. The summed E-state index contributed by atoms with van der Waals surface area (Å²) in [4.78, 5) is 19.2. The normalized spacial score (nSPS) is 19.2. The van der Waals surface area contributed by atoms with Gasteiger partial charge in [0.15, 0.2) is 0 Å². The molecule has 6 nitrogen and oxygen atoms in total. The zero-order chi connectivity index (χ0) is 21.6. The first-order chi connectivity index (χ1) is 15.1. The Hall–Kier alpha value is -3.12. The molecule has 2 aromatic carbocycles. The van der Waals surface area contributed by atoms with E-state index in [9.17, 15) is 4.79 Å². The first-order valence-corrected chi connectivity index (χ1v) is 10.8. The number of hydrogen-bond donors (Lipinski definition) is 1. The summed E-state index contributed by atoms with van der Waals surface area (Å²) < 4.78 is 7.31. The molecule has 0 bridgehead atoms. The van der Waals surface area contributed by atoms with E-state index in [0.717, 1.165) is 37.2 Å². The third kappa shape index (κ3) is 5.14. The number of ether oxygens (including phenoxy) is 1. The average molecular weight is 419 g/mol. The quantitative estimate of drug-likeness (QED) is 0.635. The van der Waals surface area contributed by atoms with Crippen molar-refractivity contribution in [2.24, 2.45) is 5.92 Å². The van der Waals surface area contributed by atoms with Crippen LogP contribution in [0.1, 0.15) is 40.4 Å². The maximum atomic E-state index is 12.8. The highest BCUT2D eigenvalue weighted by Gasteiger charge is 2.30. The molecule has 2 atom stereocenters. The molecule has 1 fully saturated rings. The molecule has 4 rings (SSSR count). The fraction of sp³-hybridized carbons (Fsp3) is 0.360. The third-order valence-electron chi connectivity index (χ3n) is 6.13. The second-order valence-electron chi connectivity index (χ2n) is 8.24. The lowest BCUT2D eigenvalue weighted by Crippen LogP contribution is -2.41. The van der Waals surface area contributed by atoms with Crippen molar-refractivity contribution in [3.63, 3.8) is 0 Å². The van der Waals surface area contributed by atoms with Crippen molar-refractivity contribution < 1.29 is 9.53 Å². The minimum Gasteiger partial charge on any atom is -0.497 e. The Morgan fingerprint density at radius 3 is 2.61 bits per heavy atom. The van der Waals surface area contributed by atoms with E-state index in [-0.39, 0.29) is 11.9 Å². The van der Waals surface area contributed by atoms with Crippen molar-refractivity contribution in [3.8, 4) is 5.75 Å². The molecule has 1 saturated heterocycles. The number of benzene rings is 2. The van der Waals surface area contributed by atoms with Crippen molar-refractivity contribution in [1.29, 1.82) is 0 Å². The lowest BCUT2D eigenvalue weighted by Gasteiger charge is -2.39. The summed E-state index contributed by atoms with van der Waals surface area (Å²) in [5, 5.41) is 3.17. The van der Waals surface area contributed by atoms with Crippen LogP contribution in [0.25, 0.3) is 0 Å². The molecule has 2 unspecified atom stereocenters. The number of rotatable bonds is 7. The van der Waals surface area contributed by atoms with Crippen molar-refractivity contribution in [2.75, 3.05) is 27.2 Å². The Morgan fingerprint density at radius 1 is 1.16 bits per heavy atom. The number of aromatic nitrogens is 2. The van der Waals surface area contributed by atoms with Crippen molar-refractivity contribution >= 4 is 5.91 Å². The second kappa shape index (κ2) is 9.79. The number of hydrogen-bond acceptors (Lipinski definition) is 4. The van der Waals surface area contributed by atoms with Gasteiger partial charge in [0.25, 0.3) is 5.91 Å². The van der Waals surface area contributed by atoms with E-state index < -0.39 is 0 Å². The summed E-state index contributed by atoms with van der Waals surface area (Å²) in [6, 6.07) is 16.4. The molecule has 1 aliphatic heterocycles. The lowest BCUT2D eigenvalue weighted by atomic mass is 9.85. The smallest absolute Gasteiger partial charge is 0.251 e. The van der Waals surface area contributed by atoms with E-state index in [4.69, 9.17) is 4.74 Å². The molecule has 1 N–H and O–H groups in total. The summed E-state index contributed by atoms with van der Waals surface area (Å²) in [6.45, 7) is 2.48. The molecule has 1 aliphatic rings. The fourth-order valence-corrected chi connectivity index (χ4v) is 4.48. The average Bonchev–Trinajstić information content (AvgIpc) is 3.31. The van der Waals surface area contributed by atoms with Crippen LogP contribution in [0.15, 0.2) is 67.3 Å². The number of likely N-dealkylation sites (tertiary alicyclic amines) is 1. The van der Waals surface area contributed by atoms with E-state index in [2.05, 4.69) is 34.4 Å². The van der Waals surface area contributed by atoms with E-state index in [1.54, 1.807) is 19.6 Å². The number of piperidine rings is 1. The maximum Gasteiger partial charge on any atom is 0.251 e. The van der Waals surface area contributed by atoms with Gasteiger partial charge in [0, 0.05) is 37.1 Å². The minimum atomic E-state index is -0.0177. The second-order valence-corrected chi connectivity index (χ2v) is 8.24. The van der Waals surface area contributed by atoms with E-state index in [1.165, 1.54) is 5.56 Å². The topological polar surface area (TPSA) is 59.4 Å². The summed E-state index contributed by atoms with van der Waals surface area (Å²) in [6.07, 6.45) is 7.74. The molecular formula is C25H30N4O2. The van der Waals surface area contributed by atoms with Gasteiger partial charge in [0.05, 0.1) is 13.4 Å². The monoisotopic (exact) mass is 418 g/mol. The van der Waals surface area contributed by atoms with Crippen LogP contribution in [0.2, 0.25) is 0 Å². The van der Waals surface area contributed by atoms with Crippen LogP contribution in [0, 0.1) is 5.92 Å². The summed E-state index contributed by atoms with van der Waals surface area (Å²) >= 11 is 0. The van der Waals surface area contributed by atoms with Gasteiger partial charge in [-0.2, -0.15) is 0 Å². The lowest BCUT2D eigenvalue weighted by molar-refractivity contribution is 0.0891. The van der Waals surface area contributed by atoms with Gasteiger partial charge in [-0.15, -0.1) is 0 Å². The highest BCUT2D eigenvalue weighted by Crippen LogP contribution is 2.35. The van der Waals surface area contributed by atoms with Crippen LogP contribution in [0.5, 0.6) is 5.75 Å². The number of nitrogens with one attached hydrogen (secondary N) is 1. The minimum absolute atomic E-state index is 0.0177. The van der Waals surface area contributed by atoms with Gasteiger partial charge in [0.2, 0.25) is 0 Å². The molecule has 6 heteroatoms. The van der Waals surface area contributed by atoms with E-state index in [0.29, 0.717) is 18.0 Å². The van der Waals surface area contributed by atoms with Crippen LogP contribution in [-0.4, -0.2) is 47.6 Å². The molecule has 1 amide bonds. The van der Waals surface area contributed by atoms with E-state index in [1.807, 2.05) is 47.2 Å². The van der Waals surface area contributed by atoms with Gasteiger partial charge in [-0.1, -0.05) is 24.3 Å². The number of methoxy groups -OCH3 is 1. The number of amides is 1. The van der Waals surface area contributed by atoms with Gasteiger partial charge < -0.3 is 14.6 Å². The molecule has 162 valence electrons. The zero-order valence-electron chi connectivity index (χ0n) is 18.2. The van der Waals surface area contributed by atoms with Crippen molar-refractivity contribution in [2.45, 2.75) is 25.4 Å². The first-order valence-electron chi connectivity index (χ1n) is 10.8. The molecule has 31 heavy (non-hydrogen) atoms. The zero-order valence-corrected chi connectivity index (χ0v) is 18.2. The SMILES string of the molecule is COc1ccc(C2C(CNC(=O)c3ccc(Cn4ccnc4)cc3)CCCN2C)cc1. The molecule has 3 aromatic rings. The van der Waals surface area contributed by atoms with E-state index >= 15 is 0 Å². The van der Waals surface area contributed by atoms with Crippen LogP contribution < -0.4 is 10.1 Å². The third-order valence-corrected chi connectivity index (χ3v) is 6.13. The Kier molecular flexibility index (Phi) is 6.67. The molecule has 1 aromatic heterocycles. The molecule has 0 spiro atoms. The molecule has 0 aliphatic carbocycles. The highest BCUT2D eigenvalue weighted by molar-refractivity contribution is 5.94. The van der Waals surface area contributed by atoms with Gasteiger partial charge in [-0.25, -0.2) is 4.98 Å². The highest BCUT2D eigenvalue weighted by atomic mass is 16.5. The summed E-state index contributed by atoms with van der Waals surface area (Å²) in [7, 11) is 3.85. The van der Waals surface area contributed by atoms with Gasteiger partial charge in [-0.05, 0) is 67.7 Å². The molecule has 0 radical (unpaired) electrons. The molecule has 2 heterocycles. The first kappa shape index (κ1) is 21.1. The number of carbonyl (C=O) groups excluding carboxylic acids is 1. The predicted octanol–water partition coefficient (Wildman–Crippen LogP) is 3.75. The predicted molar refractivity (Wildman–Crippen MR) is 121 cm³/mol. The largest absolute Gasteiger partial charge is 0.497 e. The fourth-order valence-electron chi connectivity index (χ4n) is 4.48. The Morgan fingerprint density at radius 2 is 1.94 bits per heavy atom. The van der Waals surface area contributed by atoms with Crippen LogP contribution in [0.4, 0.5) is 0 Å². The number of imidazole rings is 1. The van der Waals surface area contributed by atoms with Gasteiger partial charge >= 0.3 is 0 Å². The standard InChI is InChI=1S/C25H30N4O2/c1-28-14-3-4-22(24(28)20-9-11-23(31-2)12-10-20)16-27-25(30)21-7-5-19(6-8-21)17-29-15-13-26-18-29/h5-13,15,18,22,24H,3-4,14,16-17H2,1-2H3,(H,27,30). The molecular weight excluding hydrogens is 388 g/mol. The number of nitrogens with zero attached hydrogens (tertiary/aromatic N) is 3. The van der Waals surface area contributed by atoms with Crippen LogP contribution >= 0.6 is 0 Å². The molecule has 0 saturated carbocycles. The maximum absolute atomic E-state index is 12.8.